The fourth-order valence-electron chi connectivity index (χ4n) is 4.36. The molecule has 2 aliphatic rings. The van der Waals surface area contributed by atoms with E-state index >= 15 is 0 Å². The molecule has 2 heterocycles. The Labute approximate surface area is 162 Å². The van der Waals surface area contributed by atoms with Gasteiger partial charge in [0.1, 0.15) is 5.60 Å². The summed E-state index contributed by atoms with van der Waals surface area (Å²) in [5.41, 5.74) is 4.63. The molecular weight excluding hydrogens is 336 g/mol. The highest BCUT2D eigenvalue weighted by Crippen LogP contribution is 2.45. The van der Waals surface area contributed by atoms with Gasteiger partial charge in [-0.2, -0.15) is 0 Å². The van der Waals surface area contributed by atoms with E-state index in [-0.39, 0.29) is 6.09 Å². The predicted molar refractivity (Wildman–Crippen MR) is 109 cm³/mol. The molecule has 1 aromatic heterocycles. The molecule has 1 aromatic carbocycles. The smallest absolute Gasteiger partial charge is 0.418 e. The molecule has 1 saturated heterocycles. The SMILES string of the molecule is Cc1cc(C2CC2)c(CN2CCCCC2)c2ccn(C(=O)OC(C)(C)C)c12. The molecule has 0 atom stereocenters. The summed E-state index contributed by atoms with van der Waals surface area (Å²) in [6.45, 7) is 11.2. The second-order valence-electron chi connectivity index (χ2n) is 9.30. The highest BCUT2D eigenvalue weighted by atomic mass is 16.6. The lowest BCUT2D eigenvalue weighted by Gasteiger charge is -2.28. The molecule has 0 N–H and O–H groups in total. The summed E-state index contributed by atoms with van der Waals surface area (Å²) in [6, 6.07) is 4.46. The maximum atomic E-state index is 12.8. The maximum absolute atomic E-state index is 12.8. The number of benzene rings is 1. The van der Waals surface area contributed by atoms with E-state index in [0.29, 0.717) is 5.92 Å². The molecule has 1 aliphatic heterocycles. The minimum Gasteiger partial charge on any atom is -0.443 e. The number of aryl methyl sites for hydroxylation is 1. The fourth-order valence-corrected chi connectivity index (χ4v) is 4.36. The summed E-state index contributed by atoms with van der Waals surface area (Å²) < 4.78 is 7.34. The second-order valence-corrected chi connectivity index (χ2v) is 9.30. The van der Waals surface area contributed by atoms with Crippen LogP contribution in [-0.4, -0.2) is 34.3 Å². The largest absolute Gasteiger partial charge is 0.443 e. The van der Waals surface area contributed by atoms with Crippen LogP contribution in [0.25, 0.3) is 10.9 Å². The van der Waals surface area contributed by atoms with Gasteiger partial charge in [-0.05, 0) is 95.1 Å². The number of ether oxygens (including phenoxy) is 1. The van der Waals surface area contributed by atoms with Crippen molar-refractivity contribution in [2.75, 3.05) is 13.1 Å². The van der Waals surface area contributed by atoms with Gasteiger partial charge in [0.15, 0.2) is 0 Å². The van der Waals surface area contributed by atoms with E-state index < -0.39 is 5.60 Å². The average Bonchev–Trinajstić information content (AvgIpc) is 3.34. The molecule has 1 saturated carbocycles. The van der Waals surface area contributed by atoms with Crippen LogP contribution in [0.2, 0.25) is 0 Å². The molecule has 4 rings (SSSR count). The van der Waals surface area contributed by atoms with Crippen LogP contribution in [0.15, 0.2) is 18.3 Å². The number of hydrogen-bond acceptors (Lipinski definition) is 3. The Hall–Kier alpha value is -1.81. The molecule has 27 heavy (non-hydrogen) atoms. The second kappa shape index (κ2) is 6.97. The van der Waals surface area contributed by atoms with Gasteiger partial charge in [-0.3, -0.25) is 9.47 Å². The van der Waals surface area contributed by atoms with Crippen molar-refractivity contribution in [3.8, 4) is 0 Å². The third-order valence-corrected chi connectivity index (χ3v) is 5.74. The van der Waals surface area contributed by atoms with Crippen molar-refractivity contribution in [1.82, 2.24) is 9.47 Å². The van der Waals surface area contributed by atoms with Crippen molar-refractivity contribution in [2.45, 2.75) is 77.9 Å². The number of hydrogen-bond donors (Lipinski definition) is 0. The molecule has 4 nitrogen and oxygen atoms in total. The molecule has 1 aliphatic carbocycles. The van der Waals surface area contributed by atoms with Gasteiger partial charge in [0.2, 0.25) is 0 Å². The molecule has 4 heteroatoms. The highest BCUT2D eigenvalue weighted by molar-refractivity contribution is 5.94. The zero-order chi connectivity index (χ0) is 19.2. The summed E-state index contributed by atoms with van der Waals surface area (Å²) in [5, 5.41) is 1.23. The number of piperidine rings is 1. The van der Waals surface area contributed by atoms with Gasteiger partial charge in [-0.25, -0.2) is 4.79 Å². The molecule has 0 amide bonds. The molecule has 0 radical (unpaired) electrons. The molecule has 0 bridgehead atoms. The van der Waals surface area contributed by atoms with Crippen molar-refractivity contribution < 1.29 is 9.53 Å². The Bertz CT molecular complexity index is 849. The zero-order valence-electron chi connectivity index (χ0n) is 17.2. The van der Waals surface area contributed by atoms with Crippen LogP contribution in [0, 0.1) is 6.92 Å². The van der Waals surface area contributed by atoms with Crippen molar-refractivity contribution in [3.05, 3.63) is 35.0 Å². The minimum atomic E-state index is -0.494. The third-order valence-electron chi connectivity index (χ3n) is 5.74. The Balaban J connectivity index is 1.76. The Morgan fingerprint density at radius 3 is 2.52 bits per heavy atom. The van der Waals surface area contributed by atoms with Crippen molar-refractivity contribution in [3.63, 3.8) is 0 Å². The first kappa shape index (κ1) is 18.5. The molecule has 2 aromatic rings. The van der Waals surface area contributed by atoms with Crippen molar-refractivity contribution >= 4 is 17.0 Å². The van der Waals surface area contributed by atoms with Gasteiger partial charge in [0, 0.05) is 18.1 Å². The van der Waals surface area contributed by atoms with Crippen LogP contribution in [-0.2, 0) is 11.3 Å². The topological polar surface area (TPSA) is 34.5 Å². The van der Waals surface area contributed by atoms with Gasteiger partial charge in [0.25, 0.3) is 0 Å². The van der Waals surface area contributed by atoms with E-state index in [1.807, 2.05) is 27.0 Å². The standard InChI is InChI=1S/C23H32N2O2/c1-16-14-19(17-8-9-17)20(15-24-11-6-5-7-12-24)18-10-13-25(21(16)18)22(26)27-23(2,3)4/h10,13-14,17H,5-9,11-12,15H2,1-4H3. The molecule has 2 fully saturated rings. The van der Waals surface area contributed by atoms with Crippen molar-refractivity contribution in [1.29, 1.82) is 0 Å². The maximum Gasteiger partial charge on any atom is 0.418 e. The van der Waals surface area contributed by atoms with Crippen LogP contribution in [0.1, 0.15) is 75.5 Å². The summed E-state index contributed by atoms with van der Waals surface area (Å²) >= 11 is 0. The summed E-state index contributed by atoms with van der Waals surface area (Å²) in [6.07, 6.45) is 8.14. The van der Waals surface area contributed by atoms with E-state index in [1.165, 1.54) is 67.3 Å². The summed E-state index contributed by atoms with van der Waals surface area (Å²) in [4.78, 5) is 15.3. The zero-order valence-corrected chi connectivity index (χ0v) is 17.2. The van der Waals surface area contributed by atoms with Gasteiger partial charge < -0.3 is 4.74 Å². The molecule has 0 spiro atoms. The lowest BCUT2D eigenvalue weighted by Crippen LogP contribution is -2.29. The number of rotatable bonds is 3. The molecular formula is C23H32N2O2. The van der Waals surface area contributed by atoms with E-state index in [1.54, 1.807) is 4.57 Å². The van der Waals surface area contributed by atoms with Gasteiger partial charge in [-0.15, -0.1) is 0 Å². The van der Waals surface area contributed by atoms with E-state index in [0.717, 1.165) is 12.1 Å². The van der Waals surface area contributed by atoms with Gasteiger partial charge in [-0.1, -0.05) is 12.5 Å². The third kappa shape index (κ3) is 3.91. The van der Waals surface area contributed by atoms with E-state index in [9.17, 15) is 4.79 Å². The van der Waals surface area contributed by atoms with Gasteiger partial charge in [0.05, 0.1) is 5.52 Å². The first-order valence-electron chi connectivity index (χ1n) is 10.4. The normalized spacial score (nSPS) is 18.8. The minimum absolute atomic E-state index is 0.288. The van der Waals surface area contributed by atoms with Crippen LogP contribution in [0.3, 0.4) is 0 Å². The number of nitrogens with zero attached hydrogens (tertiary/aromatic N) is 2. The summed E-state index contributed by atoms with van der Waals surface area (Å²) in [5.74, 6) is 0.706. The Kier molecular flexibility index (Phi) is 4.79. The average molecular weight is 369 g/mol. The monoisotopic (exact) mass is 368 g/mol. The van der Waals surface area contributed by atoms with Gasteiger partial charge >= 0.3 is 6.09 Å². The van der Waals surface area contributed by atoms with Crippen molar-refractivity contribution in [2.24, 2.45) is 0 Å². The van der Waals surface area contributed by atoms with Crippen LogP contribution in [0.5, 0.6) is 0 Å². The number of carbonyl (C=O) groups is 1. The molecule has 0 unspecified atom stereocenters. The number of fused-ring (bicyclic) bond motifs is 1. The lowest BCUT2D eigenvalue weighted by molar-refractivity contribution is 0.0544. The number of aromatic nitrogens is 1. The Morgan fingerprint density at radius 2 is 1.89 bits per heavy atom. The van der Waals surface area contributed by atoms with Crippen LogP contribution >= 0.6 is 0 Å². The summed E-state index contributed by atoms with van der Waals surface area (Å²) in [7, 11) is 0. The fraction of sp³-hybridized carbons (Fsp3) is 0.609. The lowest BCUT2D eigenvalue weighted by atomic mass is 9.95. The first-order valence-corrected chi connectivity index (χ1v) is 10.4. The van der Waals surface area contributed by atoms with Crippen LogP contribution in [0.4, 0.5) is 4.79 Å². The molecule has 146 valence electrons. The Morgan fingerprint density at radius 1 is 1.19 bits per heavy atom. The van der Waals surface area contributed by atoms with Crippen LogP contribution < -0.4 is 0 Å². The highest BCUT2D eigenvalue weighted by Gasteiger charge is 2.30. The number of likely N-dealkylation sites (tertiary alicyclic amines) is 1. The van der Waals surface area contributed by atoms with E-state index in [4.69, 9.17) is 4.74 Å². The first-order chi connectivity index (χ1) is 12.8. The number of carbonyl (C=O) groups excluding carboxylic acids is 1. The van der Waals surface area contributed by atoms with E-state index in [2.05, 4.69) is 24.0 Å². The predicted octanol–water partition coefficient (Wildman–Crippen LogP) is 5.60. The quantitative estimate of drug-likeness (QED) is 0.707.